The Morgan fingerprint density at radius 1 is 1.21 bits per heavy atom. The average molecular weight is 266 g/mol. The van der Waals surface area contributed by atoms with E-state index < -0.39 is 0 Å². The molecule has 0 aliphatic rings. The number of hydrogen-bond acceptors (Lipinski definition) is 4. The van der Waals surface area contributed by atoms with Crippen LogP contribution in [0.25, 0.3) is 0 Å². The predicted molar refractivity (Wildman–Crippen MR) is 77.3 cm³/mol. The smallest absolute Gasteiger partial charge is 0.137 e. The van der Waals surface area contributed by atoms with Crippen LogP contribution >= 0.6 is 0 Å². The molecule has 0 amide bonds. The van der Waals surface area contributed by atoms with Gasteiger partial charge in [-0.1, -0.05) is 13.3 Å². The van der Waals surface area contributed by atoms with Gasteiger partial charge in [0, 0.05) is 13.2 Å². The lowest BCUT2D eigenvalue weighted by Crippen LogP contribution is -2.14. The van der Waals surface area contributed by atoms with E-state index >= 15 is 0 Å². The van der Waals surface area contributed by atoms with Gasteiger partial charge in [-0.2, -0.15) is 0 Å². The quantitative estimate of drug-likeness (QED) is 0.604. The second kappa shape index (κ2) is 10.8. The third kappa shape index (κ3) is 7.80. The summed E-state index contributed by atoms with van der Waals surface area (Å²) < 4.78 is 5.62. The summed E-state index contributed by atoms with van der Waals surface area (Å²) in [5.74, 6) is 0.835. The highest BCUT2D eigenvalue weighted by atomic mass is 16.5. The lowest BCUT2D eigenvalue weighted by Gasteiger charge is -2.07. The van der Waals surface area contributed by atoms with Crippen LogP contribution < -0.4 is 10.1 Å². The number of unbranched alkanes of at least 4 members (excludes halogenated alkanes) is 3. The maximum absolute atomic E-state index is 8.66. The molecular weight excluding hydrogens is 240 g/mol. The van der Waals surface area contributed by atoms with E-state index in [0.717, 1.165) is 63.2 Å². The van der Waals surface area contributed by atoms with Gasteiger partial charge < -0.3 is 15.2 Å². The highest BCUT2D eigenvalue weighted by molar-refractivity contribution is 5.19. The van der Waals surface area contributed by atoms with Crippen molar-refractivity contribution in [3.63, 3.8) is 0 Å². The zero-order chi connectivity index (χ0) is 13.8. The van der Waals surface area contributed by atoms with Crippen LogP contribution in [0.5, 0.6) is 5.75 Å². The number of aliphatic hydroxyl groups is 1. The fourth-order valence-corrected chi connectivity index (χ4v) is 1.75. The van der Waals surface area contributed by atoms with Gasteiger partial charge in [0.2, 0.25) is 0 Å². The maximum atomic E-state index is 8.66. The largest absolute Gasteiger partial charge is 0.492 e. The third-order valence-corrected chi connectivity index (χ3v) is 2.85. The summed E-state index contributed by atoms with van der Waals surface area (Å²) in [6, 6.07) is 3.98. The molecule has 2 N–H and O–H groups in total. The van der Waals surface area contributed by atoms with Gasteiger partial charge in [0.05, 0.1) is 18.5 Å². The standard InChI is InChI=1S/C15H26N2O2/c1-2-9-16-12-14-7-8-15(13-17-14)19-11-6-4-3-5-10-18/h7-8,13,16,18H,2-6,9-12H2,1H3. The number of ether oxygens (including phenoxy) is 1. The first-order chi connectivity index (χ1) is 9.36. The summed E-state index contributed by atoms with van der Waals surface area (Å²) in [4.78, 5) is 4.36. The van der Waals surface area contributed by atoms with Gasteiger partial charge in [0.15, 0.2) is 0 Å². The van der Waals surface area contributed by atoms with Crippen molar-refractivity contribution < 1.29 is 9.84 Å². The summed E-state index contributed by atoms with van der Waals surface area (Å²) in [5.41, 5.74) is 1.05. The molecule has 0 saturated carbocycles. The van der Waals surface area contributed by atoms with Crippen LogP contribution in [0.15, 0.2) is 18.3 Å². The molecule has 0 atom stereocenters. The third-order valence-electron chi connectivity index (χ3n) is 2.85. The van der Waals surface area contributed by atoms with Crippen molar-refractivity contribution in [2.75, 3.05) is 19.8 Å². The highest BCUT2D eigenvalue weighted by Crippen LogP contribution is 2.10. The van der Waals surface area contributed by atoms with Gasteiger partial charge in [-0.05, 0) is 44.4 Å². The molecule has 1 aromatic rings. The van der Waals surface area contributed by atoms with E-state index in [1.54, 1.807) is 6.20 Å². The van der Waals surface area contributed by atoms with Crippen molar-refractivity contribution >= 4 is 0 Å². The van der Waals surface area contributed by atoms with Gasteiger partial charge in [-0.25, -0.2) is 0 Å². The molecule has 1 rings (SSSR count). The van der Waals surface area contributed by atoms with E-state index in [4.69, 9.17) is 9.84 Å². The zero-order valence-corrected chi connectivity index (χ0v) is 11.9. The maximum Gasteiger partial charge on any atom is 0.137 e. The topological polar surface area (TPSA) is 54.4 Å². The molecule has 0 bridgehead atoms. The number of aromatic nitrogens is 1. The Morgan fingerprint density at radius 2 is 2.05 bits per heavy atom. The first-order valence-electron chi connectivity index (χ1n) is 7.26. The molecule has 19 heavy (non-hydrogen) atoms. The molecule has 0 radical (unpaired) electrons. The second-order valence-corrected chi connectivity index (χ2v) is 4.65. The van der Waals surface area contributed by atoms with Crippen molar-refractivity contribution in [2.45, 2.75) is 45.6 Å². The second-order valence-electron chi connectivity index (χ2n) is 4.65. The molecule has 1 heterocycles. The van der Waals surface area contributed by atoms with Crippen LogP contribution in [0.3, 0.4) is 0 Å². The fourth-order valence-electron chi connectivity index (χ4n) is 1.75. The minimum absolute atomic E-state index is 0.290. The van der Waals surface area contributed by atoms with E-state index in [2.05, 4.69) is 17.2 Å². The number of nitrogens with zero attached hydrogens (tertiary/aromatic N) is 1. The van der Waals surface area contributed by atoms with Crippen LogP contribution in [0, 0.1) is 0 Å². The van der Waals surface area contributed by atoms with E-state index in [1.807, 2.05) is 12.1 Å². The predicted octanol–water partition coefficient (Wildman–Crippen LogP) is 2.51. The highest BCUT2D eigenvalue weighted by Gasteiger charge is 1.97. The Balaban J connectivity index is 2.13. The van der Waals surface area contributed by atoms with Crippen molar-refractivity contribution in [3.8, 4) is 5.75 Å². The number of aliphatic hydroxyl groups excluding tert-OH is 1. The van der Waals surface area contributed by atoms with Gasteiger partial charge in [0.1, 0.15) is 5.75 Å². The van der Waals surface area contributed by atoms with Gasteiger partial charge >= 0.3 is 0 Å². The molecule has 4 nitrogen and oxygen atoms in total. The number of rotatable bonds is 11. The molecule has 0 fully saturated rings. The first kappa shape index (κ1) is 15.9. The fraction of sp³-hybridized carbons (Fsp3) is 0.667. The summed E-state index contributed by atoms with van der Waals surface area (Å²) in [6.45, 7) is 5.00. The molecule has 0 saturated heterocycles. The lowest BCUT2D eigenvalue weighted by atomic mass is 10.2. The molecule has 0 spiro atoms. The Hall–Kier alpha value is -1.13. The van der Waals surface area contributed by atoms with E-state index in [1.165, 1.54) is 0 Å². The average Bonchev–Trinajstić information content (AvgIpc) is 2.44. The summed E-state index contributed by atoms with van der Waals surface area (Å²) in [7, 11) is 0. The molecule has 0 aliphatic heterocycles. The molecule has 108 valence electrons. The number of hydrogen-bond donors (Lipinski definition) is 2. The lowest BCUT2D eigenvalue weighted by molar-refractivity contribution is 0.273. The summed E-state index contributed by atoms with van der Waals surface area (Å²) in [6.07, 6.45) is 7.02. The molecule has 0 aromatic carbocycles. The molecule has 0 unspecified atom stereocenters. The molecule has 1 aromatic heterocycles. The van der Waals surface area contributed by atoms with Crippen LogP contribution in [-0.2, 0) is 6.54 Å². The Morgan fingerprint density at radius 3 is 2.74 bits per heavy atom. The van der Waals surface area contributed by atoms with Crippen molar-refractivity contribution in [1.29, 1.82) is 0 Å². The van der Waals surface area contributed by atoms with Crippen LogP contribution in [0.1, 0.15) is 44.7 Å². The SMILES string of the molecule is CCCNCc1ccc(OCCCCCCO)cn1. The number of nitrogens with one attached hydrogen (secondary N) is 1. The first-order valence-corrected chi connectivity index (χ1v) is 7.26. The molecule has 0 aliphatic carbocycles. The van der Waals surface area contributed by atoms with E-state index in [0.29, 0.717) is 0 Å². The van der Waals surface area contributed by atoms with E-state index in [9.17, 15) is 0 Å². The van der Waals surface area contributed by atoms with Crippen molar-refractivity contribution in [2.24, 2.45) is 0 Å². The molecular formula is C15H26N2O2. The van der Waals surface area contributed by atoms with Gasteiger partial charge in [0.25, 0.3) is 0 Å². The normalized spacial score (nSPS) is 10.6. The van der Waals surface area contributed by atoms with Crippen LogP contribution in [0.4, 0.5) is 0 Å². The Kier molecular flexibility index (Phi) is 9.02. The zero-order valence-electron chi connectivity index (χ0n) is 11.9. The number of pyridine rings is 1. The molecule has 4 heteroatoms. The minimum Gasteiger partial charge on any atom is -0.492 e. The summed E-state index contributed by atoms with van der Waals surface area (Å²) in [5, 5.41) is 12.0. The van der Waals surface area contributed by atoms with Crippen LogP contribution in [-0.4, -0.2) is 29.8 Å². The summed E-state index contributed by atoms with van der Waals surface area (Å²) >= 11 is 0. The minimum atomic E-state index is 0.290. The van der Waals surface area contributed by atoms with Crippen LogP contribution in [0.2, 0.25) is 0 Å². The Bertz CT molecular complexity index is 314. The van der Waals surface area contributed by atoms with Gasteiger partial charge in [-0.3, -0.25) is 4.98 Å². The van der Waals surface area contributed by atoms with Gasteiger partial charge in [-0.15, -0.1) is 0 Å². The Labute approximate surface area is 116 Å². The monoisotopic (exact) mass is 266 g/mol. The van der Waals surface area contributed by atoms with E-state index in [-0.39, 0.29) is 6.61 Å². The van der Waals surface area contributed by atoms with Crippen molar-refractivity contribution in [3.05, 3.63) is 24.0 Å². The van der Waals surface area contributed by atoms with Crippen molar-refractivity contribution in [1.82, 2.24) is 10.3 Å².